The van der Waals surface area contributed by atoms with E-state index < -0.39 is 11.5 Å². The van der Waals surface area contributed by atoms with Crippen LogP contribution in [0.3, 0.4) is 0 Å². The van der Waals surface area contributed by atoms with Crippen LogP contribution in [0, 0.1) is 0 Å². The molecule has 28 heavy (non-hydrogen) atoms. The number of rotatable bonds is 8. The number of nitrogens with one attached hydrogen (secondary N) is 1. The number of carboxylic acid groups (broad SMARTS) is 1. The van der Waals surface area contributed by atoms with Crippen molar-refractivity contribution in [1.82, 2.24) is 5.32 Å². The van der Waals surface area contributed by atoms with E-state index in [0.29, 0.717) is 18.4 Å². The van der Waals surface area contributed by atoms with Gasteiger partial charge in [0.05, 0.1) is 7.11 Å². The number of amides is 1. The monoisotopic (exact) mass is 381 g/mol. The SMILES string of the molecule is CCCCCc1cc(C(=O)NC2(C(=O)O)Cc3ccccc3C2)ccc1OC. The Morgan fingerprint density at radius 2 is 1.79 bits per heavy atom. The molecule has 148 valence electrons. The van der Waals surface area contributed by atoms with Gasteiger partial charge in [0.25, 0.3) is 5.91 Å². The zero-order valence-electron chi connectivity index (χ0n) is 16.5. The van der Waals surface area contributed by atoms with E-state index in [9.17, 15) is 14.7 Å². The molecule has 0 aromatic heterocycles. The Hall–Kier alpha value is -2.82. The summed E-state index contributed by atoms with van der Waals surface area (Å²) in [6, 6.07) is 12.9. The molecule has 0 fully saturated rings. The molecule has 5 nitrogen and oxygen atoms in total. The zero-order valence-corrected chi connectivity index (χ0v) is 16.5. The second kappa shape index (κ2) is 8.46. The Balaban J connectivity index is 1.81. The fourth-order valence-corrected chi connectivity index (χ4v) is 3.88. The standard InChI is InChI=1S/C23H27NO4/c1-3-4-5-8-16-13-17(11-12-20(16)28-2)21(25)24-23(22(26)27)14-18-9-6-7-10-19(18)15-23/h6-7,9-13H,3-5,8,14-15H2,1-2H3,(H,24,25)(H,26,27). The summed E-state index contributed by atoms with van der Waals surface area (Å²) in [5, 5.41) is 12.7. The fraction of sp³-hybridized carbons (Fsp3) is 0.391. The molecule has 2 N–H and O–H groups in total. The van der Waals surface area contributed by atoms with Crippen LogP contribution in [0.4, 0.5) is 0 Å². The van der Waals surface area contributed by atoms with Crippen LogP contribution in [0.25, 0.3) is 0 Å². The molecule has 0 spiro atoms. The molecule has 3 rings (SSSR count). The maximum atomic E-state index is 12.9. The quantitative estimate of drug-likeness (QED) is 0.683. The number of aliphatic carboxylic acids is 1. The van der Waals surface area contributed by atoms with Gasteiger partial charge < -0.3 is 15.2 Å². The van der Waals surface area contributed by atoms with Crippen molar-refractivity contribution < 1.29 is 19.4 Å². The summed E-state index contributed by atoms with van der Waals surface area (Å²) in [6.07, 6.45) is 4.66. The fourth-order valence-electron chi connectivity index (χ4n) is 3.88. The van der Waals surface area contributed by atoms with E-state index in [1.54, 1.807) is 19.2 Å². The van der Waals surface area contributed by atoms with E-state index in [-0.39, 0.29) is 5.91 Å². The van der Waals surface area contributed by atoms with Crippen molar-refractivity contribution in [3.8, 4) is 5.75 Å². The summed E-state index contributed by atoms with van der Waals surface area (Å²) >= 11 is 0. The van der Waals surface area contributed by atoms with Crippen LogP contribution < -0.4 is 10.1 Å². The zero-order chi connectivity index (χ0) is 20.1. The summed E-state index contributed by atoms with van der Waals surface area (Å²) < 4.78 is 5.42. The third-order valence-corrected chi connectivity index (χ3v) is 5.46. The smallest absolute Gasteiger partial charge is 0.330 e. The average Bonchev–Trinajstić information content (AvgIpc) is 3.07. The highest BCUT2D eigenvalue weighted by molar-refractivity contribution is 5.98. The third kappa shape index (κ3) is 4.03. The van der Waals surface area contributed by atoms with E-state index in [0.717, 1.165) is 48.1 Å². The maximum absolute atomic E-state index is 12.9. The van der Waals surface area contributed by atoms with Gasteiger partial charge in [-0.05, 0) is 47.7 Å². The van der Waals surface area contributed by atoms with Crippen LogP contribution in [0.5, 0.6) is 5.75 Å². The number of benzene rings is 2. The topological polar surface area (TPSA) is 75.6 Å². The van der Waals surface area contributed by atoms with E-state index in [4.69, 9.17) is 4.74 Å². The molecular weight excluding hydrogens is 354 g/mol. The van der Waals surface area contributed by atoms with Gasteiger partial charge in [0.2, 0.25) is 0 Å². The first kappa shape index (κ1) is 19.9. The number of methoxy groups -OCH3 is 1. The number of unbranched alkanes of at least 4 members (excludes halogenated alkanes) is 2. The number of ether oxygens (including phenoxy) is 1. The molecule has 0 radical (unpaired) electrons. The number of hydrogen-bond acceptors (Lipinski definition) is 3. The summed E-state index contributed by atoms with van der Waals surface area (Å²) in [5.74, 6) is -0.614. The van der Waals surface area contributed by atoms with Gasteiger partial charge in [-0.25, -0.2) is 4.79 Å². The number of carbonyl (C=O) groups is 2. The Morgan fingerprint density at radius 1 is 1.11 bits per heavy atom. The second-order valence-corrected chi connectivity index (χ2v) is 7.45. The van der Waals surface area contributed by atoms with Crippen LogP contribution in [0.2, 0.25) is 0 Å². The molecule has 2 aromatic carbocycles. The van der Waals surface area contributed by atoms with Gasteiger partial charge in [-0.2, -0.15) is 0 Å². The predicted octanol–water partition coefficient (Wildman–Crippen LogP) is 3.78. The predicted molar refractivity (Wildman–Crippen MR) is 108 cm³/mol. The van der Waals surface area contributed by atoms with E-state index in [1.165, 1.54) is 0 Å². The first-order valence-electron chi connectivity index (χ1n) is 9.78. The lowest BCUT2D eigenvalue weighted by molar-refractivity contribution is -0.144. The molecule has 0 saturated heterocycles. The van der Waals surface area contributed by atoms with Crippen LogP contribution in [-0.2, 0) is 24.1 Å². The van der Waals surface area contributed by atoms with Gasteiger partial charge in [-0.1, -0.05) is 44.0 Å². The molecule has 0 unspecified atom stereocenters. The van der Waals surface area contributed by atoms with Crippen molar-refractivity contribution in [1.29, 1.82) is 0 Å². The van der Waals surface area contributed by atoms with Crippen molar-refractivity contribution in [2.24, 2.45) is 0 Å². The molecule has 1 amide bonds. The van der Waals surface area contributed by atoms with Gasteiger partial charge in [-0.15, -0.1) is 0 Å². The van der Waals surface area contributed by atoms with Gasteiger partial charge in [-0.3, -0.25) is 4.79 Å². The minimum absolute atomic E-state index is 0.295. The van der Waals surface area contributed by atoms with Crippen molar-refractivity contribution in [3.05, 3.63) is 64.7 Å². The summed E-state index contributed by atoms with van der Waals surface area (Å²) in [4.78, 5) is 25.0. The summed E-state index contributed by atoms with van der Waals surface area (Å²) in [7, 11) is 1.62. The minimum Gasteiger partial charge on any atom is -0.496 e. The number of fused-ring (bicyclic) bond motifs is 1. The first-order chi connectivity index (χ1) is 13.5. The molecule has 0 atom stereocenters. The minimum atomic E-state index is -1.30. The summed E-state index contributed by atoms with van der Waals surface area (Å²) in [6.45, 7) is 2.14. The molecule has 2 aromatic rings. The van der Waals surface area contributed by atoms with Gasteiger partial charge in [0, 0.05) is 18.4 Å². The molecule has 0 bridgehead atoms. The van der Waals surface area contributed by atoms with Gasteiger partial charge >= 0.3 is 5.97 Å². The highest BCUT2D eigenvalue weighted by Crippen LogP contribution is 2.31. The molecule has 1 aliphatic rings. The lowest BCUT2D eigenvalue weighted by Crippen LogP contribution is -2.55. The third-order valence-electron chi connectivity index (χ3n) is 5.46. The van der Waals surface area contributed by atoms with Gasteiger partial charge in [0.1, 0.15) is 11.3 Å². The molecule has 5 heteroatoms. The van der Waals surface area contributed by atoms with Crippen molar-refractivity contribution in [2.45, 2.75) is 51.0 Å². The normalized spacial score (nSPS) is 14.4. The molecule has 1 aliphatic carbocycles. The van der Waals surface area contributed by atoms with Crippen LogP contribution in [-0.4, -0.2) is 29.6 Å². The average molecular weight is 381 g/mol. The number of carbonyl (C=O) groups excluding carboxylic acids is 1. The van der Waals surface area contributed by atoms with Crippen molar-refractivity contribution >= 4 is 11.9 Å². The van der Waals surface area contributed by atoms with E-state index in [2.05, 4.69) is 12.2 Å². The molecular formula is C23H27NO4. The molecule has 0 aliphatic heterocycles. The Morgan fingerprint density at radius 3 is 2.36 bits per heavy atom. The number of aryl methyl sites for hydroxylation is 1. The maximum Gasteiger partial charge on any atom is 0.330 e. The van der Waals surface area contributed by atoms with Gasteiger partial charge in [0.15, 0.2) is 0 Å². The first-order valence-corrected chi connectivity index (χ1v) is 9.78. The lowest BCUT2D eigenvalue weighted by atomic mass is 9.94. The Kier molecular flexibility index (Phi) is 6.02. The number of carboxylic acids is 1. The Labute approximate surface area is 165 Å². The molecule has 0 saturated carbocycles. The van der Waals surface area contributed by atoms with E-state index in [1.807, 2.05) is 30.3 Å². The van der Waals surface area contributed by atoms with Crippen molar-refractivity contribution in [2.75, 3.05) is 7.11 Å². The second-order valence-electron chi connectivity index (χ2n) is 7.45. The van der Waals surface area contributed by atoms with Crippen molar-refractivity contribution in [3.63, 3.8) is 0 Å². The summed E-state index contributed by atoms with van der Waals surface area (Å²) in [5.41, 5.74) is 2.08. The number of hydrogen-bond donors (Lipinski definition) is 2. The van der Waals surface area contributed by atoms with E-state index >= 15 is 0 Å². The van der Waals surface area contributed by atoms with Crippen LogP contribution in [0.15, 0.2) is 42.5 Å². The van der Waals surface area contributed by atoms with Crippen LogP contribution >= 0.6 is 0 Å². The largest absolute Gasteiger partial charge is 0.496 e. The highest BCUT2D eigenvalue weighted by Gasteiger charge is 2.45. The van der Waals surface area contributed by atoms with Crippen LogP contribution in [0.1, 0.15) is 53.2 Å². The lowest BCUT2D eigenvalue weighted by Gasteiger charge is -2.25. The Bertz CT molecular complexity index is 850. The molecule has 0 heterocycles. The highest BCUT2D eigenvalue weighted by atomic mass is 16.5.